The van der Waals surface area contributed by atoms with Crippen molar-refractivity contribution in [3.05, 3.63) is 0 Å². The quantitative estimate of drug-likeness (QED) is 0.703. The first-order valence-corrected chi connectivity index (χ1v) is 5.07. The molecule has 0 aromatic rings. The first-order valence-electron chi connectivity index (χ1n) is 5.07. The van der Waals surface area contributed by atoms with Crippen molar-refractivity contribution in [1.29, 1.82) is 5.26 Å². The first kappa shape index (κ1) is 9.32. The normalized spacial score (nSPS) is 29.5. The van der Waals surface area contributed by atoms with Gasteiger partial charge in [0.1, 0.15) is 6.04 Å². The molecular weight excluding hydrogens is 180 g/mol. The summed E-state index contributed by atoms with van der Waals surface area (Å²) < 4.78 is 0. The highest BCUT2D eigenvalue weighted by Crippen LogP contribution is 2.63. The smallest absolute Gasteiger partial charge is 0.405 e. The molecule has 0 heterocycles. The number of nitrogens with zero attached hydrogens (tertiary/aromatic N) is 1. The van der Waals surface area contributed by atoms with Gasteiger partial charge < -0.3 is 10.4 Å². The molecule has 2 aliphatic rings. The lowest BCUT2D eigenvalue weighted by molar-refractivity contribution is 0.190. The van der Waals surface area contributed by atoms with E-state index in [0.717, 1.165) is 6.42 Å². The van der Waals surface area contributed by atoms with Gasteiger partial charge >= 0.3 is 6.09 Å². The molecule has 4 nitrogen and oxygen atoms in total. The molecule has 0 aromatic carbocycles. The van der Waals surface area contributed by atoms with Gasteiger partial charge in [-0.2, -0.15) is 5.26 Å². The molecule has 0 aromatic heterocycles. The van der Waals surface area contributed by atoms with Gasteiger partial charge in [0, 0.05) is 0 Å². The Morgan fingerprint density at radius 3 is 2.71 bits per heavy atom. The van der Waals surface area contributed by atoms with Gasteiger partial charge in [-0.1, -0.05) is 12.8 Å². The highest BCUT2D eigenvalue weighted by atomic mass is 16.4. The maximum absolute atomic E-state index is 10.4. The summed E-state index contributed by atoms with van der Waals surface area (Å²) in [5.41, 5.74) is 0.322. The van der Waals surface area contributed by atoms with E-state index in [9.17, 15) is 4.79 Å². The topological polar surface area (TPSA) is 73.1 Å². The van der Waals surface area contributed by atoms with Crippen LogP contribution in [0.4, 0.5) is 4.79 Å². The third-order valence-corrected chi connectivity index (χ3v) is 3.67. The monoisotopic (exact) mass is 194 g/mol. The van der Waals surface area contributed by atoms with E-state index >= 15 is 0 Å². The summed E-state index contributed by atoms with van der Waals surface area (Å²) in [6.07, 6.45) is 4.78. The third-order valence-electron chi connectivity index (χ3n) is 3.67. The number of hydrogen-bond acceptors (Lipinski definition) is 2. The van der Waals surface area contributed by atoms with Crippen molar-refractivity contribution in [3.8, 4) is 6.07 Å². The third kappa shape index (κ3) is 1.43. The molecule has 2 atom stereocenters. The van der Waals surface area contributed by atoms with Crippen LogP contribution in [0.25, 0.3) is 0 Å². The maximum Gasteiger partial charge on any atom is 0.405 e. The van der Waals surface area contributed by atoms with E-state index in [-0.39, 0.29) is 5.92 Å². The average Bonchev–Trinajstić information content (AvgIpc) is 2.59. The second-order valence-electron chi connectivity index (χ2n) is 4.44. The van der Waals surface area contributed by atoms with Gasteiger partial charge in [0.25, 0.3) is 0 Å². The summed E-state index contributed by atoms with van der Waals surface area (Å²) in [5, 5.41) is 19.7. The van der Waals surface area contributed by atoms with Crippen molar-refractivity contribution in [1.82, 2.24) is 5.32 Å². The zero-order valence-electron chi connectivity index (χ0n) is 7.99. The molecule has 2 aliphatic carbocycles. The Hall–Kier alpha value is -1.24. The molecule has 0 bridgehead atoms. The van der Waals surface area contributed by atoms with Crippen LogP contribution in [0.15, 0.2) is 0 Å². The lowest BCUT2D eigenvalue weighted by Crippen LogP contribution is -2.35. The van der Waals surface area contributed by atoms with Crippen molar-refractivity contribution < 1.29 is 9.90 Å². The minimum absolute atomic E-state index is 0.270. The molecule has 76 valence electrons. The van der Waals surface area contributed by atoms with Gasteiger partial charge in [0.2, 0.25) is 0 Å². The number of rotatable bonds is 2. The zero-order chi connectivity index (χ0) is 10.2. The van der Waals surface area contributed by atoms with Gasteiger partial charge in [0.05, 0.1) is 6.07 Å². The van der Waals surface area contributed by atoms with Crippen molar-refractivity contribution in [2.75, 3.05) is 0 Å². The molecule has 2 unspecified atom stereocenters. The Morgan fingerprint density at radius 2 is 2.21 bits per heavy atom. The Balaban J connectivity index is 1.96. The summed E-state index contributed by atoms with van der Waals surface area (Å²) in [6, 6.07) is 1.56. The number of amides is 1. The molecule has 2 saturated carbocycles. The SMILES string of the molecule is N#CC(NC(=O)O)C1CC12CCCC2. The minimum Gasteiger partial charge on any atom is -0.465 e. The van der Waals surface area contributed by atoms with Crippen LogP contribution in [0, 0.1) is 22.7 Å². The fourth-order valence-corrected chi connectivity index (χ4v) is 2.86. The predicted molar refractivity (Wildman–Crippen MR) is 49.6 cm³/mol. The van der Waals surface area contributed by atoms with E-state index < -0.39 is 12.1 Å². The van der Waals surface area contributed by atoms with Crippen LogP contribution in [0.3, 0.4) is 0 Å². The number of carbonyl (C=O) groups is 1. The molecular formula is C10H14N2O2. The van der Waals surface area contributed by atoms with Crippen LogP contribution in [-0.4, -0.2) is 17.2 Å². The fraction of sp³-hybridized carbons (Fsp3) is 0.800. The molecule has 1 spiro atoms. The summed E-state index contributed by atoms with van der Waals surface area (Å²) in [6.45, 7) is 0. The van der Waals surface area contributed by atoms with Gasteiger partial charge in [0.15, 0.2) is 0 Å². The lowest BCUT2D eigenvalue weighted by Gasteiger charge is -2.12. The van der Waals surface area contributed by atoms with Crippen LogP contribution >= 0.6 is 0 Å². The average molecular weight is 194 g/mol. The summed E-state index contributed by atoms with van der Waals surface area (Å²) in [7, 11) is 0. The van der Waals surface area contributed by atoms with Crippen molar-refractivity contribution in [2.45, 2.75) is 38.1 Å². The molecule has 0 radical (unpaired) electrons. The van der Waals surface area contributed by atoms with E-state index in [4.69, 9.17) is 10.4 Å². The highest BCUT2D eigenvalue weighted by molar-refractivity contribution is 5.65. The lowest BCUT2D eigenvalue weighted by atomic mass is 9.98. The predicted octanol–water partition coefficient (Wildman–Crippen LogP) is 1.73. The van der Waals surface area contributed by atoms with Crippen LogP contribution in [-0.2, 0) is 0 Å². The van der Waals surface area contributed by atoms with E-state index in [1.54, 1.807) is 0 Å². The van der Waals surface area contributed by atoms with E-state index in [2.05, 4.69) is 11.4 Å². The molecule has 2 fully saturated rings. The zero-order valence-corrected chi connectivity index (χ0v) is 7.99. The van der Waals surface area contributed by atoms with Gasteiger partial charge in [-0.05, 0) is 30.6 Å². The van der Waals surface area contributed by atoms with E-state index in [1.807, 2.05) is 0 Å². The molecule has 2 N–H and O–H groups in total. The molecule has 14 heavy (non-hydrogen) atoms. The van der Waals surface area contributed by atoms with Crippen LogP contribution in [0.1, 0.15) is 32.1 Å². The minimum atomic E-state index is -1.09. The standard InChI is InChI=1S/C10H14N2O2/c11-6-8(12-9(13)14)7-5-10(7)3-1-2-4-10/h7-8,12H,1-5H2,(H,13,14). The Morgan fingerprint density at radius 1 is 1.57 bits per heavy atom. The second-order valence-corrected chi connectivity index (χ2v) is 4.44. The molecule has 2 rings (SSSR count). The molecule has 1 amide bonds. The molecule has 4 heteroatoms. The van der Waals surface area contributed by atoms with Gasteiger partial charge in [-0.25, -0.2) is 4.79 Å². The molecule has 0 aliphatic heterocycles. The van der Waals surface area contributed by atoms with E-state index in [1.165, 1.54) is 25.7 Å². The largest absolute Gasteiger partial charge is 0.465 e. The highest BCUT2D eigenvalue weighted by Gasteiger charge is 2.58. The van der Waals surface area contributed by atoms with Crippen LogP contribution in [0.2, 0.25) is 0 Å². The summed E-state index contributed by atoms with van der Waals surface area (Å²) in [5.74, 6) is 0.270. The van der Waals surface area contributed by atoms with Crippen LogP contribution < -0.4 is 5.32 Å². The van der Waals surface area contributed by atoms with Crippen molar-refractivity contribution >= 4 is 6.09 Å². The number of nitriles is 1. The summed E-state index contributed by atoms with van der Waals surface area (Å²) >= 11 is 0. The fourth-order valence-electron chi connectivity index (χ4n) is 2.86. The Kier molecular flexibility index (Phi) is 2.10. The Labute approximate surface area is 82.9 Å². The number of hydrogen-bond donors (Lipinski definition) is 2. The number of carboxylic acid groups (broad SMARTS) is 1. The number of nitrogens with one attached hydrogen (secondary N) is 1. The Bertz CT molecular complexity index is 289. The van der Waals surface area contributed by atoms with Gasteiger partial charge in [-0.3, -0.25) is 0 Å². The van der Waals surface area contributed by atoms with Crippen molar-refractivity contribution in [3.63, 3.8) is 0 Å². The van der Waals surface area contributed by atoms with Crippen LogP contribution in [0.5, 0.6) is 0 Å². The molecule has 0 saturated heterocycles. The summed E-state index contributed by atoms with van der Waals surface area (Å²) in [4.78, 5) is 10.4. The van der Waals surface area contributed by atoms with E-state index in [0.29, 0.717) is 5.41 Å². The second kappa shape index (κ2) is 3.16. The maximum atomic E-state index is 10.4. The van der Waals surface area contributed by atoms with Gasteiger partial charge in [-0.15, -0.1) is 0 Å². The van der Waals surface area contributed by atoms with Crippen molar-refractivity contribution in [2.24, 2.45) is 11.3 Å². The first-order chi connectivity index (χ1) is 6.68.